The van der Waals surface area contributed by atoms with Crippen molar-refractivity contribution < 1.29 is 9.47 Å². The highest BCUT2D eigenvalue weighted by Crippen LogP contribution is 2.32. The summed E-state index contributed by atoms with van der Waals surface area (Å²) in [5.74, 6) is 0.942. The van der Waals surface area contributed by atoms with Gasteiger partial charge in [0.25, 0.3) is 0 Å². The molecule has 1 aliphatic rings. The van der Waals surface area contributed by atoms with Gasteiger partial charge in [0.05, 0.1) is 18.3 Å². The number of hydrogen-bond acceptors (Lipinski definition) is 3. The fourth-order valence-corrected chi connectivity index (χ4v) is 2.69. The van der Waals surface area contributed by atoms with Crippen LogP contribution >= 0.6 is 0 Å². The first-order chi connectivity index (χ1) is 9.73. The highest BCUT2D eigenvalue weighted by atomic mass is 16.5. The molecule has 1 heterocycles. The molecular formula is C17H27NO2. The van der Waals surface area contributed by atoms with Crippen molar-refractivity contribution in [2.75, 3.05) is 19.7 Å². The number of rotatable bonds is 6. The van der Waals surface area contributed by atoms with E-state index in [0.29, 0.717) is 0 Å². The van der Waals surface area contributed by atoms with Gasteiger partial charge in [0, 0.05) is 13.1 Å². The molecule has 1 unspecified atom stereocenters. The molecule has 1 atom stereocenters. The standard InChI is InChI=1S/C17H27NO2/c1-4-10-19-15-9-7-8-14(11-15)16-12-18-13-17(5-2,6-3)20-16/h7-9,11,16,18H,4-6,10,12-13H2,1-3H3. The Kier molecular flexibility index (Phi) is 5.44. The van der Waals surface area contributed by atoms with E-state index in [4.69, 9.17) is 9.47 Å². The summed E-state index contributed by atoms with van der Waals surface area (Å²) >= 11 is 0. The first-order valence-electron chi connectivity index (χ1n) is 7.84. The smallest absolute Gasteiger partial charge is 0.119 e. The van der Waals surface area contributed by atoms with E-state index in [9.17, 15) is 0 Å². The van der Waals surface area contributed by atoms with Crippen LogP contribution in [0.4, 0.5) is 0 Å². The summed E-state index contributed by atoms with van der Waals surface area (Å²) in [6.07, 6.45) is 3.23. The van der Waals surface area contributed by atoms with Crippen molar-refractivity contribution in [3.05, 3.63) is 29.8 Å². The molecule has 0 amide bonds. The van der Waals surface area contributed by atoms with Gasteiger partial charge in [-0.3, -0.25) is 0 Å². The molecule has 1 saturated heterocycles. The lowest BCUT2D eigenvalue weighted by atomic mass is 9.93. The van der Waals surface area contributed by atoms with Crippen molar-refractivity contribution in [2.45, 2.75) is 51.7 Å². The van der Waals surface area contributed by atoms with E-state index in [1.54, 1.807) is 0 Å². The highest BCUT2D eigenvalue weighted by molar-refractivity contribution is 5.30. The summed E-state index contributed by atoms with van der Waals surface area (Å²) in [4.78, 5) is 0. The average Bonchev–Trinajstić information content (AvgIpc) is 2.53. The summed E-state index contributed by atoms with van der Waals surface area (Å²) < 4.78 is 12.1. The van der Waals surface area contributed by atoms with Gasteiger partial charge >= 0.3 is 0 Å². The molecule has 1 fully saturated rings. The number of nitrogens with one attached hydrogen (secondary N) is 1. The Morgan fingerprint density at radius 3 is 2.80 bits per heavy atom. The molecule has 2 rings (SSSR count). The molecule has 1 aromatic rings. The van der Waals surface area contributed by atoms with E-state index >= 15 is 0 Å². The Hall–Kier alpha value is -1.06. The van der Waals surface area contributed by atoms with Crippen LogP contribution < -0.4 is 10.1 Å². The summed E-state index contributed by atoms with van der Waals surface area (Å²) in [6, 6.07) is 8.32. The summed E-state index contributed by atoms with van der Waals surface area (Å²) in [7, 11) is 0. The van der Waals surface area contributed by atoms with Gasteiger partial charge in [-0.05, 0) is 37.0 Å². The molecule has 1 aliphatic heterocycles. The van der Waals surface area contributed by atoms with E-state index in [0.717, 1.165) is 44.7 Å². The normalized spacial score (nSPS) is 21.6. The van der Waals surface area contributed by atoms with Gasteiger partial charge in [0.15, 0.2) is 0 Å². The second-order valence-electron chi connectivity index (χ2n) is 5.55. The Morgan fingerprint density at radius 2 is 2.10 bits per heavy atom. The Bertz CT molecular complexity index is 415. The molecule has 1 aromatic carbocycles. The third kappa shape index (κ3) is 3.53. The molecule has 20 heavy (non-hydrogen) atoms. The molecule has 0 radical (unpaired) electrons. The van der Waals surface area contributed by atoms with Gasteiger partial charge in [-0.2, -0.15) is 0 Å². The Morgan fingerprint density at radius 1 is 1.30 bits per heavy atom. The van der Waals surface area contributed by atoms with Gasteiger partial charge < -0.3 is 14.8 Å². The van der Waals surface area contributed by atoms with Crippen molar-refractivity contribution >= 4 is 0 Å². The fraction of sp³-hybridized carbons (Fsp3) is 0.647. The van der Waals surface area contributed by atoms with Crippen LogP contribution in [-0.4, -0.2) is 25.3 Å². The quantitative estimate of drug-likeness (QED) is 0.860. The third-order valence-corrected chi connectivity index (χ3v) is 4.16. The fourth-order valence-electron chi connectivity index (χ4n) is 2.69. The van der Waals surface area contributed by atoms with Crippen LogP contribution in [0.15, 0.2) is 24.3 Å². The van der Waals surface area contributed by atoms with Crippen LogP contribution in [0.5, 0.6) is 5.75 Å². The zero-order valence-corrected chi connectivity index (χ0v) is 12.9. The molecular weight excluding hydrogens is 250 g/mol. The monoisotopic (exact) mass is 277 g/mol. The van der Waals surface area contributed by atoms with E-state index in [1.807, 2.05) is 6.07 Å². The Labute approximate surface area is 122 Å². The molecule has 0 saturated carbocycles. The molecule has 3 nitrogen and oxygen atoms in total. The SMILES string of the molecule is CCCOc1cccc(C2CNCC(CC)(CC)O2)c1. The summed E-state index contributed by atoms with van der Waals surface area (Å²) in [5, 5.41) is 3.52. The molecule has 1 N–H and O–H groups in total. The minimum Gasteiger partial charge on any atom is -0.494 e. The largest absolute Gasteiger partial charge is 0.494 e. The van der Waals surface area contributed by atoms with E-state index in [-0.39, 0.29) is 11.7 Å². The van der Waals surface area contributed by atoms with Gasteiger partial charge in [-0.1, -0.05) is 32.9 Å². The third-order valence-electron chi connectivity index (χ3n) is 4.16. The molecule has 3 heteroatoms. The summed E-state index contributed by atoms with van der Waals surface area (Å²) in [5.41, 5.74) is 1.18. The average molecular weight is 277 g/mol. The molecule has 0 aliphatic carbocycles. The minimum absolute atomic E-state index is 0.0246. The number of ether oxygens (including phenoxy) is 2. The molecule has 0 aromatic heterocycles. The highest BCUT2D eigenvalue weighted by Gasteiger charge is 2.34. The zero-order valence-electron chi connectivity index (χ0n) is 12.9. The van der Waals surface area contributed by atoms with Gasteiger partial charge in [0.1, 0.15) is 5.75 Å². The van der Waals surface area contributed by atoms with E-state index in [1.165, 1.54) is 5.56 Å². The van der Waals surface area contributed by atoms with Gasteiger partial charge in [-0.25, -0.2) is 0 Å². The summed E-state index contributed by atoms with van der Waals surface area (Å²) in [6.45, 7) is 9.11. The van der Waals surface area contributed by atoms with Crippen molar-refractivity contribution in [3.8, 4) is 5.75 Å². The molecule has 0 bridgehead atoms. The topological polar surface area (TPSA) is 30.5 Å². The number of morpholine rings is 1. The van der Waals surface area contributed by atoms with Crippen molar-refractivity contribution in [1.82, 2.24) is 5.32 Å². The Balaban J connectivity index is 2.10. The first-order valence-corrected chi connectivity index (χ1v) is 7.84. The predicted molar refractivity (Wildman–Crippen MR) is 82.2 cm³/mol. The number of benzene rings is 1. The van der Waals surface area contributed by atoms with Crippen LogP contribution in [0, 0.1) is 0 Å². The van der Waals surface area contributed by atoms with Crippen LogP contribution in [0.3, 0.4) is 0 Å². The maximum atomic E-state index is 6.40. The lowest BCUT2D eigenvalue weighted by Crippen LogP contribution is -2.50. The maximum Gasteiger partial charge on any atom is 0.119 e. The number of hydrogen-bond donors (Lipinski definition) is 1. The van der Waals surface area contributed by atoms with E-state index in [2.05, 4.69) is 44.3 Å². The van der Waals surface area contributed by atoms with Crippen molar-refractivity contribution in [3.63, 3.8) is 0 Å². The van der Waals surface area contributed by atoms with Crippen molar-refractivity contribution in [1.29, 1.82) is 0 Å². The van der Waals surface area contributed by atoms with Crippen molar-refractivity contribution in [2.24, 2.45) is 0 Å². The predicted octanol–water partition coefficient (Wildman–Crippen LogP) is 3.70. The van der Waals surface area contributed by atoms with Crippen LogP contribution in [0.1, 0.15) is 51.7 Å². The lowest BCUT2D eigenvalue weighted by molar-refractivity contribution is -0.122. The first kappa shape index (κ1) is 15.3. The van der Waals surface area contributed by atoms with E-state index < -0.39 is 0 Å². The maximum absolute atomic E-state index is 6.40. The molecule has 112 valence electrons. The second kappa shape index (κ2) is 7.09. The van der Waals surface area contributed by atoms with Gasteiger partial charge in [0.2, 0.25) is 0 Å². The zero-order chi connectivity index (χ0) is 14.4. The second-order valence-corrected chi connectivity index (χ2v) is 5.55. The van der Waals surface area contributed by atoms with Gasteiger partial charge in [-0.15, -0.1) is 0 Å². The van der Waals surface area contributed by atoms with Crippen LogP contribution in [0.2, 0.25) is 0 Å². The molecule has 0 spiro atoms. The van der Waals surface area contributed by atoms with Crippen LogP contribution in [0.25, 0.3) is 0 Å². The minimum atomic E-state index is -0.0246. The lowest BCUT2D eigenvalue weighted by Gasteiger charge is -2.41. The van der Waals surface area contributed by atoms with Crippen LogP contribution in [-0.2, 0) is 4.74 Å².